The first-order chi connectivity index (χ1) is 14.4. The van der Waals surface area contributed by atoms with Crippen LogP contribution in [0.15, 0.2) is 48.8 Å². The summed E-state index contributed by atoms with van der Waals surface area (Å²) in [6.07, 6.45) is 3.40. The summed E-state index contributed by atoms with van der Waals surface area (Å²) in [6.45, 7) is 4.67. The van der Waals surface area contributed by atoms with E-state index in [4.69, 9.17) is 17.3 Å². The normalized spacial score (nSPS) is 11.0. The molecule has 3 heterocycles. The summed E-state index contributed by atoms with van der Waals surface area (Å²) in [6, 6.07) is 10.9. The summed E-state index contributed by atoms with van der Waals surface area (Å²) < 4.78 is 1.84. The third-order valence-electron chi connectivity index (χ3n) is 4.99. The molecule has 30 heavy (non-hydrogen) atoms. The van der Waals surface area contributed by atoms with Gasteiger partial charge in [0.25, 0.3) is 5.91 Å². The van der Waals surface area contributed by atoms with Gasteiger partial charge in [0.2, 0.25) is 0 Å². The number of carbonyl (C=O) groups excluding carboxylic acids is 1. The Morgan fingerprint density at radius 3 is 2.83 bits per heavy atom. The van der Waals surface area contributed by atoms with Crippen LogP contribution in [0.4, 0.5) is 5.82 Å². The number of hydrogen-bond donors (Lipinski definition) is 2. The summed E-state index contributed by atoms with van der Waals surface area (Å²) in [5.74, 6) is 0.304. The lowest BCUT2D eigenvalue weighted by Gasteiger charge is -2.12. The number of halogens is 1. The molecule has 0 aliphatic carbocycles. The SMILES string of the molecule is Cc1cc(N)nc(C)c1CNC(=O)c1ccnc(Cn2ncc3cc(Cl)ccc32)c1. The zero-order chi connectivity index (χ0) is 21.3. The highest BCUT2D eigenvalue weighted by Gasteiger charge is 2.11. The van der Waals surface area contributed by atoms with E-state index in [-0.39, 0.29) is 5.91 Å². The van der Waals surface area contributed by atoms with Gasteiger partial charge in [-0.2, -0.15) is 5.10 Å². The summed E-state index contributed by atoms with van der Waals surface area (Å²) in [5, 5.41) is 8.99. The lowest BCUT2D eigenvalue weighted by Crippen LogP contribution is -2.24. The molecule has 0 radical (unpaired) electrons. The maximum atomic E-state index is 12.7. The highest BCUT2D eigenvalue weighted by atomic mass is 35.5. The summed E-state index contributed by atoms with van der Waals surface area (Å²) in [4.78, 5) is 21.3. The van der Waals surface area contributed by atoms with Crippen molar-refractivity contribution in [3.05, 3.63) is 81.9 Å². The molecule has 8 heteroatoms. The maximum absolute atomic E-state index is 12.7. The molecule has 3 aromatic heterocycles. The molecule has 1 amide bonds. The molecule has 1 aromatic carbocycles. The molecule has 4 rings (SSSR count). The molecule has 0 unspecified atom stereocenters. The molecule has 3 N–H and O–H groups in total. The first kappa shape index (κ1) is 19.8. The van der Waals surface area contributed by atoms with Crippen molar-refractivity contribution in [2.45, 2.75) is 26.9 Å². The second-order valence-corrected chi connectivity index (χ2v) is 7.59. The number of nitrogens with two attached hydrogens (primary N) is 1. The standard InChI is InChI=1S/C22H21ClN6O/c1-13-7-21(24)28-14(2)19(13)11-26-22(30)15-5-6-25-18(9-15)12-29-20-4-3-17(23)8-16(20)10-27-29/h3-10H,11-12H2,1-2H3,(H2,24,28)(H,26,30). The van der Waals surface area contributed by atoms with Crippen LogP contribution in [0.5, 0.6) is 0 Å². The molecule has 0 saturated carbocycles. The summed E-state index contributed by atoms with van der Waals surface area (Å²) in [5.41, 5.74) is 10.8. The molecule has 0 spiro atoms. The van der Waals surface area contributed by atoms with Gasteiger partial charge in [0.15, 0.2) is 0 Å². The minimum absolute atomic E-state index is 0.175. The van der Waals surface area contributed by atoms with Gasteiger partial charge in [-0.3, -0.25) is 14.5 Å². The Morgan fingerprint density at radius 1 is 1.20 bits per heavy atom. The fourth-order valence-electron chi connectivity index (χ4n) is 3.47. The van der Waals surface area contributed by atoms with Crippen LogP contribution in [-0.4, -0.2) is 25.7 Å². The van der Waals surface area contributed by atoms with E-state index in [1.807, 2.05) is 36.7 Å². The van der Waals surface area contributed by atoms with Crippen molar-refractivity contribution in [1.29, 1.82) is 0 Å². The van der Waals surface area contributed by atoms with Crippen LogP contribution in [0.25, 0.3) is 10.9 Å². The molecule has 7 nitrogen and oxygen atoms in total. The van der Waals surface area contributed by atoms with Gasteiger partial charge in [0, 0.05) is 34.4 Å². The Bertz CT molecular complexity index is 1230. The Labute approximate surface area is 178 Å². The van der Waals surface area contributed by atoms with Crippen molar-refractivity contribution in [2.24, 2.45) is 0 Å². The third kappa shape index (κ3) is 4.11. The number of benzene rings is 1. The van der Waals surface area contributed by atoms with Crippen molar-refractivity contribution in [3.8, 4) is 0 Å². The van der Waals surface area contributed by atoms with Crippen LogP contribution in [-0.2, 0) is 13.1 Å². The molecule has 0 atom stereocenters. The summed E-state index contributed by atoms with van der Waals surface area (Å²) >= 11 is 6.04. The van der Waals surface area contributed by atoms with E-state index in [9.17, 15) is 4.79 Å². The number of carbonyl (C=O) groups is 1. The number of aryl methyl sites for hydroxylation is 2. The topological polar surface area (TPSA) is 98.7 Å². The van der Waals surface area contributed by atoms with Crippen LogP contribution in [0.1, 0.15) is 32.9 Å². The lowest BCUT2D eigenvalue weighted by atomic mass is 10.1. The number of hydrogen-bond acceptors (Lipinski definition) is 5. The zero-order valence-corrected chi connectivity index (χ0v) is 17.4. The smallest absolute Gasteiger partial charge is 0.251 e. The average Bonchev–Trinajstić information content (AvgIpc) is 3.09. The molecule has 0 bridgehead atoms. The highest BCUT2D eigenvalue weighted by Crippen LogP contribution is 2.20. The predicted octanol–water partition coefficient (Wildman–Crippen LogP) is 3.66. The third-order valence-corrected chi connectivity index (χ3v) is 5.23. The second-order valence-electron chi connectivity index (χ2n) is 7.15. The monoisotopic (exact) mass is 420 g/mol. The lowest BCUT2D eigenvalue weighted by molar-refractivity contribution is 0.0950. The number of fused-ring (bicyclic) bond motifs is 1. The number of pyridine rings is 2. The minimum atomic E-state index is -0.175. The van der Waals surface area contributed by atoms with Gasteiger partial charge in [-0.25, -0.2) is 4.98 Å². The highest BCUT2D eigenvalue weighted by molar-refractivity contribution is 6.31. The van der Waals surface area contributed by atoms with Crippen LogP contribution in [0.2, 0.25) is 5.02 Å². The number of rotatable bonds is 5. The van der Waals surface area contributed by atoms with Crippen LogP contribution >= 0.6 is 11.6 Å². The largest absolute Gasteiger partial charge is 0.384 e. The second kappa shape index (κ2) is 8.12. The Kier molecular flexibility index (Phi) is 5.37. The summed E-state index contributed by atoms with van der Waals surface area (Å²) in [7, 11) is 0. The number of nitrogens with zero attached hydrogens (tertiary/aromatic N) is 4. The van der Waals surface area contributed by atoms with E-state index in [2.05, 4.69) is 20.4 Å². The molecular weight excluding hydrogens is 400 g/mol. The van der Waals surface area contributed by atoms with Crippen molar-refractivity contribution >= 4 is 34.2 Å². The molecule has 0 fully saturated rings. The number of amides is 1. The molecule has 0 saturated heterocycles. The van der Waals surface area contributed by atoms with Crippen molar-refractivity contribution in [1.82, 2.24) is 25.1 Å². The van der Waals surface area contributed by atoms with Gasteiger partial charge in [-0.1, -0.05) is 11.6 Å². The van der Waals surface area contributed by atoms with E-state index < -0.39 is 0 Å². The van der Waals surface area contributed by atoms with E-state index in [0.29, 0.717) is 29.5 Å². The van der Waals surface area contributed by atoms with Gasteiger partial charge in [0.05, 0.1) is 24.0 Å². The minimum Gasteiger partial charge on any atom is -0.384 e. The van der Waals surface area contributed by atoms with Crippen LogP contribution in [0.3, 0.4) is 0 Å². The molecule has 0 aliphatic rings. The number of aromatic nitrogens is 4. The van der Waals surface area contributed by atoms with Gasteiger partial charge < -0.3 is 11.1 Å². The van der Waals surface area contributed by atoms with E-state index in [1.165, 1.54) is 0 Å². The fourth-order valence-corrected chi connectivity index (χ4v) is 3.65. The van der Waals surface area contributed by atoms with Gasteiger partial charge in [-0.15, -0.1) is 0 Å². The maximum Gasteiger partial charge on any atom is 0.251 e. The van der Waals surface area contributed by atoms with Crippen molar-refractivity contribution < 1.29 is 4.79 Å². The Balaban J connectivity index is 1.49. The van der Waals surface area contributed by atoms with E-state index in [1.54, 1.807) is 30.6 Å². The Morgan fingerprint density at radius 2 is 2.03 bits per heavy atom. The van der Waals surface area contributed by atoms with E-state index in [0.717, 1.165) is 33.4 Å². The first-order valence-electron chi connectivity index (χ1n) is 9.47. The van der Waals surface area contributed by atoms with E-state index >= 15 is 0 Å². The number of anilines is 1. The fraction of sp³-hybridized carbons (Fsp3) is 0.182. The average molecular weight is 421 g/mol. The molecule has 4 aromatic rings. The van der Waals surface area contributed by atoms with Gasteiger partial charge in [0.1, 0.15) is 5.82 Å². The van der Waals surface area contributed by atoms with Crippen molar-refractivity contribution in [3.63, 3.8) is 0 Å². The van der Waals surface area contributed by atoms with Gasteiger partial charge in [-0.05, 0) is 61.4 Å². The predicted molar refractivity (Wildman–Crippen MR) is 117 cm³/mol. The molecule has 152 valence electrons. The first-order valence-corrected chi connectivity index (χ1v) is 9.85. The van der Waals surface area contributed by atoms with Gasteiger partial charge >= 0.3 is 0 Å². The number of nitrogens with one attached hydrogen (secondary N) is 1. The quantitative estimate of drug-likeness (QED) is 0.513. The van der Waals surface area contributed by atoms with Crippen molar-refractivity contribution in [2.75, 3.05) is 5.73 Å². The van der Waals surface area contributed by atoms with Crippen LogP contribution in [0, 0.1) is 13.8 Å². The number of nitrogen functional groups attached to an aromatic ring is 1. The molecule has 0 aliphatic heterocycles. The molecular formula is C22H21ClN6O. The Hall–Kier alpha value is -3.45. The van der Waals surface area contributed by atoms with Crippen LogP contribution < -0.4 is 11.1 Å². The zero-order valence-electron chi connectivity index (χ0n) is 16.7.